The summed E-state index contributed by atoms with van der Waals surface area (Å²) in [7, 11) is 0. The van der Waals surface area contributed by atoms with Crippen LogP contribution in [-0.2, 0) is 38.3 Å². The second-order valence-corrected chi connectivity index (χ2v) is 20.4. The molecule has 2 aromatic heterocycles. The molecule has 5 rings (SSSR count). The lowest BCUT2D eigenvalue weighted by Gasteiger charge is -2.32. The molecule has 5 heterocycles. The van der Waals surface area contributed by atoms with E-state index in [0.717, 1.165) is 6.42 Å². The number of aliphatic hydroxyl groups is 2. The van der Waals surface area contributed by atoms with Crippen LogP contribution in [-0.4, -0.2) is 210 Å². The topological polar surface area (TPSA) is 463 Å². The number of likely N-dealkylation sites (tertiary alicyclic amines) is 2. The molecule has 6 amide bonds. The fraction of sp³-hybridized carbons (Fsp3) is 0.729. The zero-order chi connectivity index (χ0) is 56.5. The summed E-state index contributed by atoms with van der Waals surface area (Å²) in [5, 5.41) is 42.9. The Balaban J connectivity index is 1.24. The first kappa shape index (κ1) is 61.5. The van der Waals surface area contributed by atoms with Gasteiger partial charge in [0.15, 0.2) is 17.7 Å². The smallest absolute Gasteiger partial charge is 0.338 e. The number of amides is 6. The van der Waals surface area contributed by atoms with E-state index < -0.39 is 102 Å². The number of imidazole rings is 1. The molecule has 29 heteroatoms. The number of ether oxygens (including phenoxy) is 1. The lowest BCUT2D eigenvalue weighted by molar-refractivity contribution is -0.459. The molecule has 0 saturated carbocycles. The third-order valence-electron chi connectivity index (χ3n) is 14.8. The van der Waals surface area contributed by atoms with Gasteiger partial charge in [0.2, 0.25) is 35.4 Å². The number of guanidine groups is 1. The van der Waals surface area contributed by atoms with Crippen molar-refractivity contribution < 1.29 is 64.3 Å². The van der Waals surface area contributed by atoms with E-state index in [-0.39, 0.29) is 62.5 Å². The van der Waals surface area contributed by atoms with E-state index in [0.29, 0.717) is 95.3 Å². The number of rotatable bonds is 31. The average molecular weight is 1090 g/mol. The van der Waals surface area contributed by atoms with Crippen molar-refractivity contribution in [2.24, 2.45) is 28.9 Å². The summed E-state index contributed by atoms with van der Waals surface area (Å²) in [4.78, 5) is 115. The van der Waals surface area contributed by atoms with Crippen LogP contribution in [0.4, 0.5) is 5.82 Å². The molecular formula is C48H84N18O11+2. The first-order valence-electron chi connectivity index (χ1n) is 26.8. The number of nitrogens with one attached hydrogen (secondary N) is 5. The lowest BCUT2D eigenvalue weighted by Crippen LogP contribution is -2.78. The summed E-state index contributed by atoms with van der Waals surface area (Å²) in [5.74, 6) is -4.85. The lowest BCUT2D eigenvalue weighted by atomic mass is 9.97. The van der Waals surface area contributed by atoms with Gasteiger partial charge in [0.25, 0.3) is 0 Å². The first-order chi connectivity index (χ1) is 36.7. The number of fused-ring (bicyclic) bond motifs is 1. The predicted octanol–water partition coefficient (Wildman–Crippen LogP) is -6.99. The van der Waals surface area contributed by atoms with E-state index in [1.807, 2.05) is 11.8 Å². The van der Waals surface area contributed by atoms with Gasteiger partial charge in [-0.05, 0) is 96.6 Å². The van der Waals surface area contributed by atoms with Gasteiger partial charge in [-0.1, -0.05) is 20.3 Å². The summed E-state index contributed by atoms with van der Waals surface area (Å²) in [6, 6.07) is -6.92. The molecule has 0 radical (unpaired) electrons. The van der Waals surface area contributed by atoms with Gasteiger partial charge in [0, 0.05) is 26.2 Å². The fourth-order valence-corrected chi connectivity index (χ4v) is 10.00. The van der Waals surface area contributed by atoms with Crippen LogP contribution in [0.15, 0.2) is 12.7 Å². The highest BCUT2D eigenvalue weighted by Gasteiger charge is 2.46. The Morgan fingerprint density at radius 1 is 0.857 bits per heavy atom. The maximum Gasteiger partial charge on any atom is 0.338 e. The van der Waals surface area contributed by atoms with Crippen molar-refractivity contribution in [2.45, 2.75) is 165 Å². The number of anilines is 1. The van der Waals surface area contributed by atoms with Gasteiger partial charge in [-0.25, -0.2) is 15.0 Å². The number of carbonyl (C=O) groups is 7. The van der Waals surface area contributed by atoms with Crippen LogP contribution in [0.3, 0.4) is 0 Å². The molecule has 3 aliphatic rings. The molecule has 0 unspecified atom stereocenters. The SMILES string of the molecule is CC[C@H](C)[C@H](NC(=O)[C@H](CCC[NH+]=C(N)N)NC(=O)[C@H](CCCC[NH3+])NC(=O)[C@@H]1CCCN1C(=O)[C@@H]1CCCN1CCCN(CC[C@H](N)C(=O)O)C[C@H]1O[C@@H](n2cnc3c(N)ncnc32)[C@H](O)[C@@H]1O)C(=O)N[C@@H](C)C(N)=O. The number of primary amides is 1. The number of hydrogen-bond donors (Lipinski definition) is 14. The molecule has 0 aliphatic carbocycles. The number of unbranched alkanes of at least 4 members (excludes halogenated alkanes) is 1. The molecule has 2 aromatic rings. The molecular weight excluding hydrogens is 1000 g/mol. The molecule has 12 atom stereocenters. The number of aliphatic carboxylic acids is 1. The van der Waals surface area contributed by atoms with E-state index in [2.05, 4.69) is 51.8 Å². The molecule has 21 N–H and O–H groups in total. The second-order valence-electron chi connectivity index (χ2n) is 20.4. The Morgan fingerprint density at radius 3 is 2.23 bits per heavy atom. The fourth-order valence-electron chi connectivity index (χ4n) is 10.00. The second kappa shape index (κ2) is 29.4. The van der Waals surface area contributed by atoms with Gasteiger partial charge < -0.3 is 74.1 Å². The van der Waals surface area contributed by atoms with Crippen LogP contribution in [0.25, 0.3) is 11.2 Å². The highest BCUT2D eigenvalue weighted by Crippen LogP contribution is 2.33. The molecule has 0 spiro atoms. The summed E-state index contributed by atoms with van der Waals surface area (Å²) >= 11 is 0. The Hall–Kier alpha value is -6.37. The number of carbonyl (C=O) groups excluding carboxylic acids is 6. The summed E-state index contributed by atoms with van der Waals surface area (Å²) in [6.07, 6.45) is 3.05. The molecule has 77 heavy (non-hydrogen) atoms. The van der Waals surface area contributed by atoms with Crippen molar-refractivity contribution in [3.05, 3.63) is 12.7 Å². The Kier molecular flexibility index (Phi) is 23.5. The van der Waals surface area contributed by atoms with E-state index in [1.54, 1.807) is 11.8 Å². The van der Waals surface area contributed by atoms with Crippen molar-refractivity contribution in [1.82, 2.24) is 55.5 Å². The summed E-state index contributed by atoms with van der Waals surface area (Å²) in [5.41, 5.74) is 32.9. The van der Waals surface area contributed by atoms with Crippen molar-refractivity contribution in [3.8, 4) is 0 Å². The standard InChI is InChI=1S/C48H82N18O11/c1-4-26(2)34(44(73)59-27(3)39(52)69)62-42(71)30(12-7-17-55-48(53)54)60-41(70)29(11-5-6-16-49)61-43(72)31-13-9-21-65(31)45(74)32-14-8-19-64(32)20-10-18-63(22-15-28(50)47(75)76)23-33-36(67)37(68)46(77-33)66-25-58-35-38(51)56-24-57-40(35)66/h24-34,36-37,46,67-68H,4-23,49-50H2,1-3H3,(H2,52,69)(H,59,73)(H,60,70)(H,61,72)(H,62,71)(H,75,76)(H2,51,56,57)(H4,53,54,55)/p+2/t26-,27-,28-,29-,30-,31-,32-,33+,34-,36+,37+,46+/m0/s1. The molecule has 0 bridgehead atoms. The maximum atomic E-state index is 14.5. The highest BCUT2D eigenvalue weighted by atomic mass is 16.6. The Bertz CT molecular complexity index is 2360. The van der Waals surface area contributed by atoms with Crippen LogP contribution < -0.4 is 60.7 Å². The largest absolute Gasteiger partial charge is 0.480 e. The number of nitrogen functional groups attached to an aromatic ring is 1. The minimum absolute atomic E-state index is 0.0322. The number of hydrogen-bond acceptors (Lipinski definition) is 17. The predicted molar refractivity (Wildman–Crippen MR) is 278 cm³/mol. The first-order valence-corrected chi connectivity index (χ1v) is 26.8. The van der Waals surface area contributed by atoms with Gasteiger partial charge in [-0.2, -0.15) is 0 Å². The van der Waals surface area contributed by atoms with E-state index in [1.165, 1.54) is 24.1 Å². The van der Waals surface area contributed by atoms with Crippen molar-refractivity contribution in [1.29, 1.82) is 0 Å². The third-order valence-corrected chi connectivity index (χ3v) is 14.8. The number of quaternary nitrogens is 1. The zero-order valence-corrected chi connectivity index (χ0v) is 44.6. The normalized spacial score (nSPS) is 22.9. The van der Waals surface area contributed by atoms with Gasteiger partial charge in [-0.3, -0.25) is 59.5 Å². The van der Waals surface area contributed by atoms with Crippen molar-refractivity contribution >= 4 is 64.4 Å². The number of aliphatic hydroxyl groups excluding tert-OH is 2. The van der Waals surface area contributed by atoms with Crippen molar-refractivity contribution in [3.63, 3.8) is 0 Å². The zero-order valence-electron chi connectivity index (χ0n) is 44.6. The minimum atomic E-state index is -1.37. The van der Waals surface area contributed by atoms with Crippen LogP contribution in [0, 0.1) is 5.92 Å². The number of aromatic nitrogens is 4. The van der Waals surface area contributed by atoms with Gasteiger partial charge >= 0.3 is 11.9 Å². The van der Waals surface area contributed by atoms with Gasteiger partial charge in [-0.15, -0.1) is 0 Å². The quantitative estimate of drug-likeness (QED) is 0.0190. The van der Waals surface area contributed by atoms with Crippen LogP contribution >= 0.6 is 0 Å². The molecule has 3 aliphatic heterocycles. The monoisotopic (exact) mass is 1090 g/mol. The maximum absolute atomic E-state index is 14.5. The number of nitrogens with zero attached hydrogens (tertiary/aromatic N) is 7. The van der Waals surface area contributed by atoms with Gasteiger partial charge in [0.05, 0.1) is 25.5 Å². The minimum Gasteiger partial charge on any atom is -0.480 e. The summed E-state index contributed by atoms with van der Waals surface area (Å²) in [6.45, 7) is 8.00. The van der Waals surface area contributed by atoms with Crippen LogP contribution in [0.5, 0.6) is 0 Å². The van der Waals surface area contributed by atoms with Crippen LogP contribution in [0.1, 0.15) is 104 Å². The Labute approximate surface area is 447 Å². The molecule has 3 saturated heterocycles. The molecule has 3 fully saturated rings. The summed E-state index contributed by atoms with van der Waals surface area (Å²) < 4.78 is 7.67. The van der Waals surface area contributed by atoms with Crippen LogP contribution in [0.2, 0.25) is 0 Å². The molecule has 29 nitrogen and oxygen atoms in total. The van der Waals surface area contributed by atoms with E-state index in [4.69, 9.17) is 33.4 Å². The Morgan fingerprint density at radius 2 is 1.55 bits per heavy atom. The number of nitrogens with two attached hydrogens (primary N) is 5. The molecule has 0 aromatic carbocycles. The van der Waals surface area contributed by atoms with Crippen molar-refractivity contribution in [2.75, 3.05) is 58.1 Å². The van der Waals surface area contributed by atoms with E-state index in [9.17, 15) is 48.9 Å². The highest BCUT2D eigenvalue weighted by molar-refractivity contribution is 5.97. The van der Waals surface area contributed by atoms with Gasteiger partial charge in [0.1, 0.15) is 66.4 Å². The number of carboxylic acids is 1. The number of carboxylic acid groups (broad SMARTS) is 1. The van der Waals surface area contributed by atoms with E-state index >= 15 is 0 Å². The molecule has 430 valence electrons. The average Bonchev–Trinajstić information content (AvgIpc) is 4.25. The third kappa shape index (κ3) is 16.8.